The van der Waals surface area contributed by atoms with E-state index in [9.17, 15) is 18.0 Å². The summed E-state index contributed by atoms with van der Waals surface area (Å²) in [5.74, 6) is -3.11. The van der Waals surface area contributed by atoms with Gasteiger partial charge >= 0.3 is 17.4 Å². The third-order valence-electron chi connectivity index (χ3n) is 1.38. The van der Waals surface area contributed by atoms with Gasteiger partial charge in [-0.1, -0.05) is 34.8 Å². The Morgan fingerprint density at radius 2 is 1.80 bits per heavy atom. The lowest BCUT2D eigenvalue weighted by Gasteiger charge is -2.19. The van der Waals surface area contributed by atoms with Gasteiger partial charge in [0.25, 0.3) is 13.0 Å². The van der Waals surface area contributed by atoms with Crippen LogP contribution in [0, 0.1) is 0 Å². The number of rotatable bonds is 1. The number of esters is 1. The lowest BCUT2D eigenvalue weighted by atomic mass is 10.7. The molecule has 86 valence electrons. The van der Waals surface area contributed by atoms with Crippen molar-refractivity contribution < 1.29 is 28.0 Å². The quantitative estimate of drug-likeness (QED) is 0.311. The van der Waals surface area contributed by atoms with Gasteiger partial charge in [0, 0.05) is 0 Å². The molecule has 1 unspecified atom stereocenters. The van der Waals surface area contributed by atoms with Crippen LogP contribution in [-0.2, 0) is 24.2 Å². The first-order chi connectivity index (χ1) is 6.59. The molecular formula is C4H2Cl3NO6S. The second-order valence-corrected chi connectivity index (χ2v) is 7.41. The summed E-state index contributed by atoms with van der Waals surface area (Å²) in [5.41, 5.74) is -2.34. The minimum atomic E-state index is -4.68. The molecule has 0 saturated carbocycles. The van der Waals surface area contributed by atoms with E-state index in [1.54, 1.807) is 0 Å². The Morgan fingerprint density at radius 1 is 1.33 bits per heavy atom. The molecule has 1 aliphatic heterocycles. The standard InChI is InChI=1S/C4H2Cl3NO6S/c5-4(6,7)15(12,13)3-8(11)1(9)2(10)14-3/h3,11H. The molecular weight excluding hydrogens is 296 g/mol. The van der Waals surface area contributed by atoms with Gasteiger partial charge in [0.05, 0.1) is 0 Å². The Morgan fingerprint density at radius 3 is 2.07 bits per heavy atom. The van der Waals surface area contributed by atoms with E-state index >= 15 is 0 Å². The fraction of sp³-hybridized carbons (Fsp3) is 0.500. The summed E-state index contributed by atoms with van der Waals surface area (Å²) >= 11 is 15.2. The third-order valence-corrected chi connectivity index (χ3v) is 4.79. The van der Waals surface area contributed by atoms with Crippen LogP contribution in [0.5, 0.6) is 0 Å². The molecule has 11 heteroatoms. The number of alkyl halides is 3. The summed E-state index contributed by atoms with van der Waals surface area (Å²) in [6.07, 6.45) is 0. The first-order valence-corrected chi connectivity index (χ1v) is 5.80. The van der Waals surface area contributed by atoms with E-state index in [1.165, 1.54) is 0 Å². The Hall–Kier alpha value is -0.280. The SMILES string of the molecule is O=C1OC(S(=O)(=O)C(Cl)(Cl)Cl)N(O)C1=O. The molecule has 7 nitrogen and oxygen atoms in total. The zero-order valence-electron chi connectivity index (χ0n) is 6.56. The fourth-order valence-electron chi connectivity index (χ4n) is 0.690. The van der Waals surface area contributed by atoms with Crippen molar-refractivity contribution in [3.05, 3.63) is 0 Å². The molecule has 15 heavy (non-hydrogen) atoms. The van der Waals surface area contributed by atoms with Gasteiger partial charge < -0.3 is 4.74 Å². The first kappa shape index (κ1) is 12.8. The minimum absolute atomic E-state index is 0.459. The summed E-state index contributed by atoms with van der Waals surface area (Å²) in [7, 11) is -4.68. The number of nitrogens with zero attached hydrogens (tertiary/aromatic N) is 1. The summed E-state index contributed by atoms with van der Waals surface area (Å²) in [6, 6.07) is 0. The van der Waals surface area contributed by atoms with Crippen LogP contribution < -0.4 is 0 Å². The van der Waals surface area contributed by atoms with E-state index in [1.807, 2.05) is 0 Å². The van der Waals surface area contributed by atoms with E-state index in [0.29, 0.717) is 0 Å². The van der Waals surface area contributed by atoms with E-state index in [4.69, 9.17) is 40.0 Å². The maximum absolute atomic E-state index is 11.3. The summed E-state index contributed by atoms with van der Waals surface area (Å²) in [6.45, 7) is 0. The normalized spacial score (nSPS) is 23.2. The third kappa shape index (κ3) is 2.00. The second kappa shape index (κ2) is 3.63. The molecule has 0 aromatic heterocycles. The van der Waals surface area contributed by atoms with Gasteiger partial charge in [-0.2, -0.15) is 5.06 Å². The van der Waals surface area contributed by atoms with Crippen LogP contribution in [0.25, 0.3) is 0 Å². The van der Waals surface area contributed by atoms with Crippen molar-refractivity contribution in [3.8, 4) is 0 Å². The van der Waals surface area contributed by atoms with Crippen molar-refractivity contribution in [2.24, 2.45) is 0 Å². The van der Waals surface area contributed by atoms with E-state index in [2.05, 4.69) is 4.74 Å². The van der Waals surface area contributed by atoms with Crippen molar-refractivity contribution >= 4 is 56.5 Å². The highest BCUT2D eigenvalue weighted by Crippen LogP contribution is 2.37. The molecule has 0 spiro atoms. The van der Waals surface area contributed by atoms with Gasteiger partial charge in [0.1, 0.15) is 0 Å². The van der Waals surface area contributed by atoms with Crippen LogP contribution in [0.3, 0.4) is 0 Å². The lowest BCUT2D eigenvalue weighted by molar-refractivity contribution is -0.165. The molecule has 1 amide bonds. The number of amides is 1. The smallest absolute Gasteiger partial charge is 0.402 e. The molecule has 0 aromatic rings. The topological polar surface area (TPSA) is 101 Å². The zero-order valence-corrected chi connectivity index (χ0v) is 9.64. The van der Waals surface area contributed by atoms with Gasteiger partial charge in [-0.05, 0) is 0 Å². The number of sulfone groups is 1. The number of ether oxygens (including phenoxy) is 1. The van der Waals surface area contributed by atoms with Crippen molar-refractivity contribution in [1.82, 2.24) is 5.06 Å². The lowest BCUT2D eigenvalue weighted by Crippen LogP contribution is -2.42. The number of halogens is 3. The number of cyclic esters (lactones) is 1. The van der Waals surface area contributed by atoms with Gasteiger partial charge in [0.2, 0.25) is 0 Å². The predicted octanol–water partition coefficient (Wildman–Crippen LogP) is -0.213. The molecule has 1 saturated heterocycles. The van der Waals surface area contributed by atoms with E-state index in [0.717, 1.165) is 0 Å². The minimum Gasteiger partial charge on any atom is -0.417 e. The van der Waals surface area contributed by atoms with Crippen molar-refractivity contribution in [2.75, 3.05) is 0 Å². The van der Waals surface area contributed by atoms with E-state index < -0.39 is 35.5 Å². The molecule has 1 atom stereocenters. The van der Waals surface area contributed by atoms with Crippen molar-refractivity contribution in [1.29, 1.82) is 0 Å². The van der Waals surface area contributed by atoms with Crippen LogP contribution >= 0.6 is 34.8 Å². The first-order valence-electron chi connectivity index (χ1n) is 3.12. The highest BCUT2D eigenvalue weighted by molar-refractivity contribution is 7.97. The predicted molar refractivity (Wildman–Crippen MR) is 47.7 cm³/mol. The molecule has 0 aromatic carbocycles. The number of hydroxylamine groups is 2. The van der Waals surface area contributed by atoms with Crippen LogP contribution in [-0.4, -0.2) is 39.2 Å². The van der Waals surface area contributed by atoms with E-state index in [-0.39, 0.29) is 0 Å². The monoisotopic (exact) mass is 297 g/mol. The molecule has 0 bridgehead atoms. The zero-order chi connectivity index (χ0) is 12.0. The Kier molecular flexibility index (Phi) is 3.10. The van der Waals surface area contributed by atoms with Gasteiger partial charge in [0.15, 0.2) is 0 Å². The number of carbonyl (C=O) groups excluding carboxylic acids is 2. The Balaban J connectivity index is 3.13. The summed E-state index contributed by atoms with van der Waals surface area (Å²) < 4.78 is 23.9. The molecule has 1 aliphatic rings. The summed E-state index contributed by atoms with van der Waals surface area (Å²) in [4.78, 5) is 21.3. The van der Waals surface area contributed by atoms with Crippen LogP contribution in [0.2, 0.25) is 0 Å². The van der Waals surface area contributed by atoms with Gasteiger partial charge in [-0.15, -0.1) is 0 Å². The van der Waals surface area contributed by atoms with Gasteiger partial charge in [-0.25, -0.2) is 13.2 Å². The average molecular weight is 298 g/mol. The van der Waals surface area contributed by atoms with Crippen LogP contribution in [0.15, 0.2) is 0 Å². The number of hydrogen-bond acceptors (Lipinski definition) is 6. The highest BCUT2D eigenvalue weighted by atomic mass is 35.6. The average Bonchev–Trinajstić information content (AvgIpc) is 2.31. The van der Waals surface area contributed by atoms with Gasteiger partial charge in [-0.3, -0.25) is 10.0 Å². The molecule has 0 radical (unpaired) electrons. The Labute approximate surface area is 98.3 Å². The van der Waals surface area contributed by atoms with Crippen molar-refractivity contribution in [2.45, 2.75) is 8.68 Å². The molecule has 1 rings (SSSR count). The number of carbonyl (C=O) groups is 2. The molecule has 1 fully saturated rings. The second-order valence-electron chi connectivity index (χ2n) is 2.35. The largest absolute Gasteiger partial charge is 0.417 e. The maximum atomic E-state index is 11.3. The van der Waals surface area contributed by atoms with Crippen LogP contribution in [0.1, 0.15) is 0 Å². The summed E-state index contributed by atoms with van der Waals surface area (Å²) in [5, 5.41) is 8.45. The highest BCUT2D eigenvalue weighted by Gasteiger charge is 2.55. The maximum Gasteiger partial charge on any atom is 0.402 e. The molecule has 0 aliphatic carbocycles. The van der Waals surface area contributed by atoms with Crippen molar-refractivity contribution in [3.63, 3.8) is 0 Å². The molecule has 1 N–H and O–H groups in total. The van der Waals surface area contributed by atoms with Crippen LogP contribution in [0.4, 0.5) is 0 Å². The molecule has 1 heterocycles. The Bertz CT molecular complexity index is 413. The fourth-order valence-corrected chi connectivity index (χ4v) is 2.18. The number of hydrogen-bond donors (Lipinski definition) is 1.